The quantitative estimate of drug-likeness (QED) is 0.677. The molecule has 1 amide bonds. The van der Waals surface area contributed by atoms with Gasteiger partial charge in [-0.25, -0.2) is 4.98 Å². The molecule has 28 heavy (non-hydrogen) atoms. The molecule has 0 spiro atoms. The van der Waals surface area contributed by atoms with Crippen molar-refractivity contribution in [1.29, 1.82) is 0 Å². The molecule has 2 aromatic carbocycles. The maximum Gasteiger partial charge on any atom is 0.251 e. The van der Waals surface area contributed by atoms with Crippen LogP contribution in [0.4, 0.5) is 5.69 Å². The minimum absolute atomic E-state index is 0.123. The second kappa shape index (κ2) is 8.90. The van der Waals surface area contributed by atoms with Crippen molar-refractivity contribution in [3.8, 4) is 17.4 Å². The summed E-state index contributed by atoms with van der Waals surface area (Å²) in [6.45, 7) is 0.390. The Morgan fingerprint density at radius 2 is 1.79 bits per heavy atom. The molecule has 0 aliphatic heterocycles. The largest absolute Gasteiger partial charge is 0.497 e. The van der Waals surface area contributed by atoms with E-state index >= 15 is 0 Å². The minimum Gasteiger partial charge on any atom is -0.497 e. The van der Waals surface area contributed by atoms with Crippen molar-refractivity contribution in [2.45, 2.75) is 6.54 Å². The third-order valence-corrected chi connectivity index (χ3v) is 4.16. The van der Waals surface area contributed by atoms with E-state index in [0.717, 1.165) is 17.0 Å². The molecular formula is C22H23N3O3. The third-order valence-electron chi connectivity index (χ3n) is 4.16. The molecule has 1 aromatic heterocycles. The number of methoxy groups -OCH3 is 1. The van der Waals surface area contributed by atoms with Crippen molar-refractivity contribution in [1.82, 2.24) is 10.3 Å². The van der Waals surface area contributed by atoms with Gasteiger partial charge in [0.2, 0.25) is 5.88 Å². The second-order valence-electron chi connectivity index (χ2n) is 6.41. The summed E-state index contributed by atoms with van der Waals surface area (Å²) in [5.74, 6) is 1.72. The van der Waals surface area contributed by atoms with Crippen molar-refractivity contribution in [2.24, 2.45) is 0 Å². The molecule has 0 unspecified atom stereocenters. The van der Waals surface area contributed by atoms with E-state index in [2.05, 4.69) is 10.3 Å². The molecule has 0 aliphatic rings. The first kappa shape index (κ1) is 19.2. The molecule has 3 rings (SSSR count). The predicted molar refractivity (Wildman–Crippen MR) is 109 cm³/mol. The van der Waals surface area contributed by atoms with Gasteiger partial charge >= 0.3 is 0 Å². The van der Waals surface area contributed by atoms with E-state index in [1.54, 1.807) is 25.4 Å². The zero-order valence-corrected chi connectivity index (χ0v) is 16.2. The van der Waals surface area contributed by atoms with Crippen LogP contribution in [0.25, 0.3) is 0 Å². The number of nitrogens with one attached hydrogen (secondary N) is 1. The number of nitrogens with zero attached hydrogens (tertiary/aromatic N) is 2. The molecule has 0 fully saturated rings. The van der Waals surface area contributed by atoms with Crippen molar-refractivity contribution >= 4 is 11.6 Å². The molecule has 6 nitrogen and oxygen atoms in total. The zero-order chi connectivity index (χ0) is 19.9. The Hall–Kier alpha value is -3.54. The maximum atomic E-state index is 12.3. The van der Waals surface area contributed by atoms with E-state index in [9.17, 15) is 4.79 Å². The highest BCUT2D eigenvalue weighted by Gasteiger charge is 2.07. The lowest BCUT2D eigenvalue weighted by Gasteiger charge is -2.12. The average molecular weight is 377 g/mol. The second-order valence-corrected chi connectivity index (χ2v) is 6.41. The van der Waals surface area contributed by atoms with Gasteiger partial charge in [-0.3, -0.25) is 4.79 Å². The number of anilines is 1. The normalized spacial score (nSPS) is 10.2. The molecule has 6 heteroatoms. The molecule has 0 radical (unpaired) electrons. The molecule has 3 aromatic rings. The molecule has 0 saturated carbocycles. The van der Waals surface area contributed by atoms with E-state index in [0.29, 0.717) is 23.7 Å². The number of hydrogen-bond acceptors (Lipinski definition) is 5. The number of pyridine rings is 1. The van der Waals surface area contributed by atoms with Gasteiger partial charge < -0.3 is 19.7 Å². The van der Waals surface area contributed by atoms with Crippen LogP contribution in [0.5, 0.6) is 17.4 Å². The molecule has 1 heterocycles. The summed E-state index contributed by atoms with van der Waals surface area (Å²) in [4.78, 5) is 18.6. The number of benzene rings is 2. The predicted octanol–water partition coefficient (Wildman–Crippen LogP) is 3.88. The lowest BCUT2D eigenvalue weighted by Crippen LogP contribution is -2.22. The van der Waals surface area contributed by atoms with Crippen LogP contribution in [0.3, 0.4) is 0 Å². The Morgan fingerprint density at radius 1 is 1.04 bits per heavy atom. The highest BCUT2D eigenvalue weighted by molar-refractivity contribution is 5.94. The van der Waals surface area contributed by atoms with Crippen molar-refractivity contribution in [3.63, 3.8) is 0 Å². The fraction of sp³-hybridized carbons (Fsp3) is 0.182. The van der Waals surface area contributed by atoms with Crippen LogP contribution in [-0.2, 0) is 6.54 Å². The lowest BCUT2D eigenvalue weighted by molar-refractivity contribution is 0.0951. The Balaban J connectivity index is 1.55. The van der Waals surface area contributed by atoms with Gasteiger partial charge in [-0.05, 0) is 42.0 Å². The molecule has 0 aliphatic carbocycles. The Kier molecular flexibility index (Phi) is 6.11. The Bertz CT molecular complexity index is 923. The fourth-order valence-corrected chi connectivity index (χ4v) is 2.56. The standard InChI is InChI=1S/C22H23N3O3/c1-25(2)18-10-8-17(9-11-18)22(26)24-15-16-7-12-21(23-14-16)28-20-6-4-5-19(13-20)27-3/h4-14H,15H2,1-3H3,(H,24,26). The number of rotatable bonds is 7. The number of aromatic nitrogens is 1. The van der Waals surface area contributed by atoms with Gasteiger partial charge in [-0.2, -0.15) is 0 Å². The smallest absolute Gasteiger partial charge is 0.251 e. The average Bonchev–Trinajstić information content (AvgIpc) is 2.73. The van der Waals surface area contributed by atoms with Crippen molar-refractivity contribution < 1.29 is 14.3 Å². The molecule has 0 atom stereocenters. The van der Waals surface area contributed by atoms with Gasteiger partial charge in [0.25, 0.3) is 5.91 Å². The molecule has 144 valence electrons. The van der Waals surface area contributed by atoms with Crippen LogP contribution in [0.2, 0.25) is 0 Å². The lowest BCUT2D eigenvalue weighted by atomic mass is 10.2. The first-order valence-electron chi connectivity index (χ1n) is 8.87. The number of carbonyl (C=O) groups excluding carboxylic acids is 1. The minimum atomic E-state index is -0.123. The summed E-state index contributed by atoms with van der Waals surface area (Å²) < 4.78 is 10.9. The summed E-state index contributed by atoms with van der Waals surface area (Å²) in [6.07, 6.45) is 1.69. The summed E-state index contributed by atoms with van der Waals surface area (Å²) in [6, 6.07) is 18.4. The number of ether oxygens (including phenoxy) is 2. The van der Waals surface area contributed by atoms with Gasteiger partial charge in [0.05, 0.1) is 7.11 Å². The third kappa shape index (κ3) is 5.01. The monoisotopic (exact) mass is 377 g/mol. The fourth-order valence-electron chi connectivity index (χ4n) is 2.56. The molecular weight excluding hydrogens is 354 g/mol. The summed E-state index contributed by atoms with van der Waals surface area (Å²) in [5.41, 5.74) is 2.56. The maximum absolute atomic E-state index is 12.3. The van der Waals surface area contributed by atoms with E-state index < -0.39 is 0 Å². The summed E-state index contributed by atoms with van der Waals surface area (Å²) >= 11 is 0. The number of amides is 1. The van der Waals surface area contributed by atoms with Crippen molar-refractivity contribution in [3.05, 3.63) is 78.0 Å². The van der Waals surface area contributed by atoms with Gasteiger partial charge in [0, 0.05) is 50.2 Å². The highest BCUT2D eigenvalue weighted by Crippen LogP contribution is 2.23. The van der Waals surface area contributed by atoms with E-state index in [-0.39, 0.29) is 5.91 Å². The summed E-state index contributed by atoms with van der Waals surface area (Å²) in [7, 11) is 5.53. The number of hydrogen-bond donors (Lipinski definition) is 1. The van der Waals surface area contributed by atoms with Crippen LogP contribution >= 0.6 is 0 Å². The van der Waals surface area contributed by atoms with Crippen LogP contribution in [0, 0.1) is 0 Å². The van der Waals surface area contributed by atoms with Crippen LogP contribution < -0.4 is 19.7 Å². The van der Waals surface area contributed by atoms with Crippen LogP contribution in [0.1, 0.15) is 15.9 Å². The SMILES string of the molecule is COc1cccc(Oc2ccc(CNC(=O)c3ccc(N(C)C)cc3)cn2)c1. The first-order chi connectivity index (χ1) is 13.5. The summed E-state index contributed by atoms with van der Waals surface area (Å²) in [5, 5.41) is 2.90. The van der Waals surface area contributed by atoms with Crippen molar-refractivity contribution in [2.75, 3.05) is 26.1 Å². The van der Waals surface area contributed by atoms with Gasteiger partial charge in [-0.1, -0.05) is 12.1 Å². The Labute approximate surface area is 164 Å². The van der Waals surface area contributed by atoms with Crippen LogP contribution in [0.15, 0.2) is 66.9 Å². The number of carbonyl (C=O) groups is 1. The van der Waals surface area contributed by atoms with Gasteiger partial charge in [0.1, 0.15) is 11.5 Å². The van der Waals surface area contributed by atoms with Gasteiger partial charge in [-0.15, -0.1) is 0 Å². The molecule has 0 bridgehead atoms. The van der Waals surface area contributed by atoms with Crippen LogP contribution in [-0.4, -0.2) is 32.1 Å². The van der Waals surface area contributed by atoms with E-state index in [4.69, 9.17) is 9.47 Å². The van der Waals surface area contributed by atoms with Gasteiger partial charge in [0.15, 0.2) is 0 Å². The Morgan fingerprint density at radius 3 is 2.43 bits per heavy atom. The topological polar surface area (TPSA) is 63.7 Å². The zero-order valence-electron chi connectivity index (χ0n) is 16.2. The molecule has 1 N–H and O–H groups in total. The molecule has 0 saturated heterocycles. The highest BCUT2D eigenvalue weighted by atomic mass is 16.5. The van der Waals surface area contributed by atoms with E-state index in [1.165, 1.54) is 0 Å². The van der Waals surface area contributed by atoms with E-state index in [1.807, 2.05) is 67.5 Å². The first-order valence-corrected chi connectivity index (χ1v) is 8.87.